The van der Waals surface area contributed by atoms with Crippen molar-refractivity contribution in [3.8, 4) is 0 Å². The SMILES string of the molecule is CCC1(C)NC(=O)N(Cc2ccnc(NC)c2)C1=O. The number of urea groups is 1. The molecule has 1 fully saturated rings. The van der Waals surface area contributed by atoms with E-state index in [0.29, 0.717) is 12.2 Å². The van der Waals surface area contributed by atoms with Gasteiger partial charge in [-0.3, -0.25) is 9.69 Å². The second kappa shape index (κ2) is 4.87. The predicted molar refractivity (Wildman–Crippen MR) is 71.6 cm³/mol. The quantitative estimate of drug-likeness (QED) is 0.803. The monoisotopic (exact) mass is 262 g/mol. The van der Waals surface area contributed by atoms with Crippen LogP contribution in [0.5, 0.6) is 0 Å². The fraction of sp³-hybridized carbons (Fsp3) is 0.462. The zero-order valence-electron chi connectivity index (χ0n) is 11.4. The van der Waals surface area contributed by atoms with E-state index in [2.05, 4.69) is 15.6 Å². The van der Waals surface area contributed by atoms with Gasteiger partial charge >= 0.3 is 6.03 Å². The van der Waals surface area contributed by atoms with E-state index < -0.39 is 5.54 Å². The number of aromatic nitrogens is 1. The Morgan fingerprint density at radius 1 is 1.47 bits per heavy atom. The number of pyridine rings is 1. The molecule has 0 aliphatic carbocycles. The third-order valence-corrected chi connectivity index (χ3v) is 3.47. The van der Waals surface area contributed by atoms with Crippen molar-refractivity contribution >= 4 is 17.8 Å². The van der Waals surface area contributed by atoms with Gasteiger partial charge in [-0.2, -0.15) is 0 Å². The van der Waals surface area contributed by atoms with Crippen molar-refractivity contribution in [2.45, 2.75) is 32.4 Å². The molecule has 1 aliphatic rings. The summed E-state index contributed by atoms with van der Waals surface area (Å²) in [6, 6.07) is 3.28. The minimum atomic E-state index is -0.782. The van der Waals surface area contributed by atoms with Gasteiger partial charge in [0.05, 0.1) is 6.54 Å². The first-order valence-electron chi connectivity index (χ1n) is 6.27. The van der Waals surface area contributed by atoms with Crippen molar-refractivity contribution in [1.29, 1.82) is 0 Å². The van der Waals surface area contributed by atoms with E-state index in [1.54, 1.807) is 26.2 Å². The van der Waals surface area contributed by atoms with Gasteiger partial charge in [-0.25, -0.2) is 9.78 Å². The molecule has 1 saturated heterocycles. The Morgan fingerprint density at radius 2 is 2.21 bits per heavy atom. The van der Waals surface area contributed by atoms with Gasteiger partial charge < -0.3 is 10.6 Å². The summed E-state index contributed by atoms with van der Waals surface area (Å²) in [6.07, 6.45) is 2.23. The Morgan fingerprint density at radius 3 is 2.79 bits per heavy atom. The number of anilines is 1. The average Bonchev–Trinajstić information content (AvgIpc) is 2.63. The molecule has 1 aromatic heterocycles. The van der Waals surface area contributed by atoms with Gasteiger partial charge in [-0.1, -0.05) is 6.92 Å². The first kappa shape index (κ1) is 13.3. The summed E-state index contributed by atoms with van der Waals surface area (Å²) in [5.74, 6) is 0.533. The summed E-state index contributed by atoms with van der Waals surface area (Å²) in [5.41, 5.74) is 0.0823. The average molecular weight is 262 g/mol. The molecule has 2 N–H and O–H groups in total. The molecule has 0 aromatic carbocycles. The second-order valence-electron chi connectivity index (χ2n) is 4.81. The van der Waals surface area contributed by atoms with E-state index in [4.69, 9.17) is 0 Å². The summed E-state index contributed by atoms with van der Waals surface area (Å²) < 4.78 is 0. The highest BCUT2D eigenvalue weighted by Crippen LogP contribution is 2.22. The maximum absolute atomic E-state index is 12.2. The molecule has 102 valence electrons. The zero-order chi connectivity index (χ0) is 14.0. The van der Waals surface area contributed by atoms with Crippen LogP contribution < -0.4 is 10.6 Å². The summed E-state index contributed by atoms with van der Waals surface area (Å²) in [7, 11) is 1.77. The first-order valence-corrected chi connectivity index (χ1v) is 6.27. The summed E-state index contributed by atoms with van der Waals surface area (Å²) >= 11 is 0. The molecule has 0 saturated carbocycles. The molecule has 0 radical (unpaired) electrons. The molecule has 1 aromatic rings. The van der Waals surface area contributed by atoms with E-state index in [1.807, 2.05) is 13.0 Å². The topological polar surface area (TPSA) is 74.3 Å². The fourth-order valence-corrected chi connectivity index (χ4v) is 2.02. The van der Waals surface area contributed by atoms with Crippen LogP contribution in [0, 0.1) is 0 Å². The van der Waals surface area contributed by atoms with E-state index in [-0.39, 0.29) is 18.5 Å². The van der Waals surface area contributed by atoms with E-state index in [1.165, 1.54) is 4.90 Å². The van der Waals surface area contributed by atoms with Crippen molar-refractivity contribution in [2.75, 3.05) is 12.4 Å². The number of hydrogen-bond donors (Lipinski definition) is 2. The molecule has 19 heavy (non-hydrogen) atoms. The second-order valence-corrected chi connectivity index (χ2v) is 4.81. The van der Waals surface area contributed by atoms with Gasteiger partial charge in [0.2, 0.25) is 0 Å². The molecular weight excluding hydrogens is 244 g/mol. The van der Waals surface area contributed by atoms with E-state index in [9.17, 15) is 9.59 Å². The number of amides is 3. The van der Waals surface area contributed by atoms with Crippen molar-refractivity contribution in [2.24, 2.45) is 0 Å². The molecule has 0 spiro atoms. The van der Waals surface area contributed by atoms with Gasteiger partial charge in [0.15, 0.2) is 0 Å². The van der Waals surface area contributed by atoms with Crippen LogP contribution in [0.1, 0.15) is 25.8 Å². The van der Waals surface area contributed by atoms with Crippen molar-refractivity contribution in [3.63, 3.8) is 0 Å². The number of carbonyl (C=O) groups excluding carboxylic acids is 2. The van der Waals surface area contributed by atoms with Gasteiger partial charge in [0.1, 0.15) is 11.4 Å². The molecule has 2 rings (SSSR count). The smallest absolute Gasteiger partial charge is 0.325 e. The fourth-order valence-electron chi connectivity index (χ4n) is 2.02. The molecule has 6 nitrogen and oxygen atoms in total. The molecule has 3 amide bonds. The molecule has 0 bridgehead atoms. The van der Waals surface area contributed by atoms with Crippen LogP contribution in [0.4, 0.5) is 10.6 Å². The molecule has 1 unspecified atom stereocenters. The Kier molecular flexibility index (Phi) is 3.42. The summed E-state index contributed by atoms with van der Waals surface area (Å²) in [5, 5.41) is 5.66. The van der Waals surface area contributed by atoms with Crippen LogP contribution >= 0.6 is 0 Å². The van der Waals surface area contributed by atoms with Gasteiger partial charge in [0.25, 0.3) is 5.91 Å². The highest BCUT2D eigenvalue weighted by atomic mass is 16.2. The molecule has 1 aliphatic heterocycles. The predicted octanol–water partition coefficient (Wildman–Crippen LogP) is 1.34. The first-order chi connectivity index (χ1) is 9.00. The number of nitrogens with one attached hydrogen (secondary N) is 2. The molecule has 1 atom stereocenters. The normalized spacial score (nSPS) is 22.6. The Hall–Kier alpha value is -2.11. The maximum Gasteiger partial charge on any atom is 0.325 e. The van der Waals surface area contributed by atoms with Gasteiger partial charge in [-0.05, 0) is 31.0 Å². The van der Waals surface area contributed by atoms with Crippen LogP contribution in [-0.4, -0.2) is 34.4 Å². The zero-order valence-corrected chi connectivity index (χ0v) is 11.4. The van der Waals surface area contributed by atoms with E-state index in [0.717, 1.165) is 5.56 Å². The number of imide groups is 1. The van der Waals surface area contributed by atoms with Crippen molar-refractivity contribution < 1.29 is 9.59 Å². The standard InChI is InChI=1S/C13H18N4O2/c1-4-13(2)11(18)17(12(19)16-13)8-9-5-6-15-10(7-9)14-3/h5-7H,4,8H2,1-3H3,(H,14,15)(H,16,19). The highest BCUT2D eigenvalue weighted by Gasteiger charge is 2.46. The lowest BCUT2D eigenvalue weighted by atomic mass is 9.99. The van der Waals surface area contributed by atoms with Gasteiger partial charge in [-0.15, -0.1) is 0 Å². The van der Waals surface area contributed by atoms with Crippen LogP contribution in [0.2, 0.25) is 0 Å². The molecular formula is C13H18N4O2. The Balaban J connectivity index is 2.19. The van der Waals surface area contributed by atoms with Gasteiger partial charge in [0, 0.05) is 13.2 Å². The lowest BCUT2D eigenvalue weighted by molar-refractivity contribution is -0.131. The molecule has 2 heterocycles. The number of nitrogens with zero attached hydrogens (tertiary/aromatic N) is 2. The summed E-state index contributed by atoms with van der Waals surface area (Å²) in [6.45, 7) is 3.89. The largest absolute Gasteiger partial charge is 0.373 e. The number of rotatable bonds is 4. The minimum absolute atomic E-state index is 0.178. The van der Waals surface area contributed by atoms with Crippen LogP contribution in [-0.2, 0) is 11.3 Å². The Bertz CT molecular complexity index is 517. The number of carbonyl (C=O) groups is 2. The third kappa shape index (κ3) is 2.38. The molecule has 6 heteroatoms. The van der Waals surface area contributed by atoms with Crippen LogP contribution in [0.3, 0.4) is 0 Å². The van der Waals surface area contributed by atoms with Crippen molar-refractivity contribution in [3.05, 3.63) is 23.9 Å². The van der Waals surface area contributed by atoms with Crippen LogP contribution in [0.25, 0.3) is 0 Å². The van der Waals surface area contributed by atoms with E-state index >= 15 is 0 Å². The Labute approximate surface area is 112 Å². The third-order valence-electron chi connectivity index (χ3n) is 3.47. The lowest BCUT2D eigenvalue weighted by Gasteiger charge is -2.19. The van der Waals surface area contributed by atoms with Crippen LogP contribution in [0.15, 0.2) is 18.3 Å². The number of hydrogen-bond acceptors (Lipinski definition) is 4. The maximum atomic E-state index is 12.2. The lowest BCUT2D eigenvalue weighted by Crippen LogP contribution is -2.43. The highest BCUT2D eigenvalue weighted by molar-refractivity contribution is 6.06. The minimum Gasteiger partial charge on any atom is -0.373 e. The van der Waals surface area contributed by atoms with Crippen molar-refractivity contribution in [1.82, 2.24) is 15.2 Å². The summed E-state index contributed by atoms with van der Waals surface area (Å²) in [4.78, 5) is 29.5.